The smallest absolute Gasteiger partial charge is 0.120 e. The summed E-state index contributed by atoms with van der Waals surface area (Å²) in [5, 5.41) is 13.9. The second-order valence-corrected chi connectivity index (χ2v) is 4.61. The van der Waals surface area contributed by atoms with Crippen molar-refractivity contribution in [3.63, 3.8) is 0 Å². The predicted molar refractivity (Wildman–Crippen MR) is 70.5 cm³/mol. The van der Waals surface area contributed by atoms with Crippen LogP contribution in [0.25, 0.3) is 0 Å². The van der Waals surface area contributed by atoms with Gasteiger partial charge in [-0.1, -0.05) is 17.7 Å². The molecule has 1 aromatic carbocycles. The highest BCUT2D eigenvalue weighted by molar-refractivity contribution is 6.30. The molecule has 0 bridgehead atoms. The molecule has 4 heteroatoms. The van der Waals surface area contributed by atoms with Gasteiger partial charge in [-0.25, -0.2) is 0 Å². The molecule has 3 nitrogen and oxygen atoms in total. The maximum atomic E-state index is 9.92. The number of rotatable bonds is 3. The fraction of sp³-hybridized carbons (Fsp3) is 0.385. The summed E-state index contributed by atoms with van der Waals surface area (Å²) in [5.74, 6) is 0.276. The molecule has 1 saturated heterocycles. The van der Waals surface area contributed by atoms with Gasteiger partial charge in [0.1, 0.15) is 5.75 Å². The van der Waals surface area contributed by atoms with E-state index in [0.717, 1.165) is 31.7 Å². The molecule has 2 rings (SSSR count). The van der Waals surface area contributed by atoms with Crippen LogP contribution in [-0.2, 0) is 0 Å². The zero-order valence-corrected chi connectivity index (χ0v) is 10.5. The quantitative estimate of drug-likeness (QED) is 0.810. The zero-order valence-electron chi connectivity index (χ0n) is 9.69. The number of piperazine rings is 1. The van der Waals surface area contributed by atoms with Crippen LogP contribution in [-0.4, -0.2) is 36.2 Å². The van der Waals surface area contributed by atoms with Crippen LogP contribution in [0.15, 0.2) is 30.9 Å². The van der Waals surface area contributed by atoms with E-state index >= 15 is 0 Å². The lowest BCUT2D eigenvalue weighted by atomic mass is 10.0. The van der Waals surface area contributed by atoms with E-state index in [1.54, 1.807) is 12.1 Å². The molecule has 17 heavy (non-hydrogen) atoms. The topological polar surface area (TPSA) is 35.5 Å². The van der Waals surface area contributed by atoms with Gasteiger partial charge in [-0.2, -0.15) is 0 Å². The molecule has 92 valence electrons. The van der Waals surface area contributed by atoms with Crippen molar-refractivity contribution in [1.29, 1.82) is 0 Å². The molecule has 1 fully saturated rings. The Morgan fingerprint density at radius 1 is 1.41 bits per heavy atom. The monoisotopic (exact) mass is 252 g/mol. The van der Waals surface area contributed by atoms with Crippen LogP contribution in [0.3, 0.4) is 0 Å². The van der Waals surface area contributed by atoms with E-state index in [1.807, 2.05) is 12.1 Å². The van der Waals surface area contributed by atoms with Crippen LogP contribution in [0, 0.1) is 0 Å². The summed E-state index contributed by atoms with van der Waals surface area (Å²) in [7, 11) is 0. The molecule has 1 heterocycles. The molecule has 0 saturated carbocycles. The Kier molecular flexibility index (Phi) is 4.05. The first-order valence-corrected chi connectivity index (χ1v) is 6.16. The minimum Gasteiger partial charge on any atom is -0.508 e. The van der Waals surface area contributed by atoms with Crippen molar-refractivity contribution in [2.45, 2.75) is 6.04 Å². The Hall–Kier alpha value is -1.03. The first-order valence-electron chi connectivity index (χ1n) is 5.78. The third kappa shape index (κ3) is 2.80. The highest BCUT2D eigenvalue weighted by Crippen LogP contribution is 2.31. The van der Waals surface area contributed by atoms with Gasteiger partial charge >= 0.3 is 0 Å². The summed E-state index contributed by atoms with van der Waals surface area (Å²) in [6, 6.07) is 5.16. The molecule has 1 aliphatic rings. The third-order valence-electron chi connectivity index (χ3n) is 3.08. The van der Waals surface area contributed by atoms with Crippen molar-refractivity contribution in [3.05, 3.63) is 41.4 Å². The molecule has 2 N–H and O–H groups in total. The average molecular weight is 253 g/mol. The van der Waals surface area contributed by atoms with Gasteiger partial charge in [0.2, 0.25) is 0 Å². The number of nitrogens with zero attached hydrogens (tertiary/aromatic N) is 1. The maximum absolute atomic E-state index is 9.92. The van der Waals surface area contributed by atoms with Crippen molar-refractivity contribution < 1.29 is 5.11 Å². The second-order valence-electron chi connectivity index (χ2n) is 4.17. The first kappa shape index (κ1) is 12.4. The Balaban J connectivity index is 2.27. The van der Waals surface area contributed by atoms with Gasteiger partial charge in [-0.05, 0) is 18.2 Å². The number of hydrogen-bond acceptors (Lipinski definition) is 3. The highest BCUT2D eigenvalue weighted by Gasteiger charge is 2.21. The number of benzene rings is 1. The molecule has 0 amide bonds. The summed E-state index contributed by atoms with van der Waals surface area (Å²) >= 11 is 5.98. The number of halogens is 1. The summed E-state index contributed by atoms with van der Waals surface area (Å²) in [6.45, 7) is 7.69. The van der Waals surface area contributed by atoms with Crippen molar-refractivity contribution >= 4 is 11.6 Å². The SMILES string of the molecule is C=C[C@@H](c1cc(Cl)ccc1O)N1CCNCC1. The normalized spacial score (nSPS) is 18.9. The predicted octanol–water partition coefficient (Wildman–Crippen LogP) is 2.18. The van der Waals surface area contributed by atoms with Crippen LogP contribution < -0.4 is 5.32 Å². The van der Waals surface area contributed by atoms with Crippen LogP contribution >= 0.6 is 11.6 Å². The molecule has 0 aromatic heterocycles. The summed E-state index contributed by atoms with van der Waals surface area (Å²) in [4.78, 5) is 2.29. The van der Waals surface area contributed by atoms with E-state index in [9.17, 15) is 5.11 Å². The van der Waals surface area contributed by atoms with E-state index < -0.39 is 0 Å². The van der Waals surface area contributed by atoms with Crippen molar-refractivity contribution in [3.8, 4) is 5.75 Å². The standard InChI is InChI=1S/C13H17ClN2O/c1-2-12(16-7-5-15-6-8-16)11-9-10(14)3-4-13(11)17/h2-4,9,12,15,17H,1,5-8H2/t12-/m0/s1. The molecular formula is C13H17ClN2O. The summed E-state index contributed by atoms with van der Waals surface area (Å²) in [6.07, 6.45) is 1.86. The Morgan fingerprint density at radius 2 is 2.12 bits per heavy atom. The lowest BCUT2D eigenvalue weighted by Gasteiger charge is -2.33. The Morgan fingerprint density at radius 3 is 2.76 bits per heavy atom. The minimum absolute atomic E-state index is 0.0239. The van der Waals surface area contributed by atoms with Crippen molar-refractivity contribution in [2.24, 2.45) is 0 Å². The Labute approximate surface area is 107 Å². The van der Waals surface area contributed by atoms with Gasteiger partial charge in [0.15, 0.2) is 0 Å². The number of phenolic OH excluding ortho intramolecular Hbond substituents is 1. The van der Waals surface area contributed by atoms with E-state index in [0.29, 0.717) is 5.02 Å². The average Bonchev–Trinajstić information content (AvgIpc) is 2.36. The molecule has 1 aromatic rings. The van der Waals surface area contributed by atoms with Crippen LogP contribution in [0.1, 0.15) is 11.6 Å². The van der Waals surface area contributed by atoms with Gasteiger partial charge in [-0.15, -0.1) is 6.58 Å². The number of nitrogens with one attached hydrogen (secondary N) is 1. The third-order valence-corrected chi connectivity index (χ3v) is 3.31. The molecule has 0 radical (unpaired) electrons. The van der Waals surface area contributed by atoms with Gasteiger partial charge in [0.25, 0.3) is 0 Å². The fourth-order valence-electron chi connectivity index (χ4n) is 2.20. The molecule has 1 aliphatic heterocycles. The van der Waals surface area contributed by atoms with Gasteiger partial charge in [0, 0.05) is 36.8 Å². The van der Waals surface area contributed by atoms with Crippen LogP contribution in [0.4, 0.5) is 0 Å². The molecule has 0 aliphatic carbocycles. The highest BCUT2D eigenvalue weighted by atomic mass is 35.5. The molecule has 0 spiro atoms. The zero-order chi connectivity index (χ0) is 12.3. The molecular weight excluding hydrogens is 236 g/mol. The summed E-state index contributed by atoms with van der Waals surface area (Å²) < 4.78 is 0. The fourth-order valence-corrected chi connectivity index (χ4v) is 2.38. The van der Waals surface area contributed by atoms with Crippen molar-refractivity contribution in [2.75, 3.05) is 26.2 Å². The second kappa shape index (κ2) is 5.54. The largest absolute Gasteiger partial charge is 0.508 e. The van der Waals surface area contributed by atoms with Gasteiger partial charge < -0.3 is 10.4 Å². The first-order chi connectivity index (χ1) is 8.22. The number of aromatic hydroxyl groups is 1. The number of phenols is 1. The lowest BCUT2D eigenvalue weighted by molar-refractivity contribution is 0.201. The van der Waals surface area contributed by atoms with E-state index in [1.165, 1.54) is 0 Å². The van der Waals surface area contributed by atoms with E-state index in [-0.39, 0.29) is 11.8 Å². The van der Waals surface area contributed by atoms with Crippen LogP contribution in [0.2, 0.25) is 5.02 Å². The van der Waals surface area contributed by atoms with Crippen LogP contribution in [0.5, 0.6) is 5.75 Å². The molecule has 0 unspecified atom stereocenters. The summed E-state index contributed by atoms with van der Waals surface area (Å²) in [5.41, 5.74) is 0.828. The minimum atomic E-state index is 0.0239. The van der Waals surface area contributed by atoms with Gasteiger partial charge in [-0.3, -0.25) is 4.90 Å². The number of hydrogen-bond donors (Lipinski definition) is 2. The lowest BCUT2D eigenvalue weighted by Crippen LogP contribution is -2.44. The van der Waals surface area contributed by atoms with E-state index in [4.69, 9.17) is 11.6 Å². The Bertz CT molecular complexity index is 402. The van der Waals surface area contributed by atoms with E-state index in [2.05, 4.69) is 16.8 Å². The van der Waals surface area contributed by atoms with Crippen molar-refractivity contribution in [1.82, 2.24) is 10.2 Å². The maximum Gasteiger partial charge on any atom is 0.120 e. The van der Waals surface area contributed by atoms with Gasteiger partial charge in [0.05, 0.1) is 6.04 Å². The molecule has 1 atom stereocenters.